The molecule has 0 fully saturated rings. The van der Waals surface area contributed by atoms with E-state index in [0.717, 1.165) is 0 Å². The van der Waals surface area contributed by atoms with E-state index in [9.17, 15) is 4.79 Å². The van der Waals surface area contributed by atoms with Crippen LogP contribution in [0.3, 0.4) is 0 Å². The number of anilines is 1. The predicted molar refractivity (Wildman–Crippen MR) is 33.7 cm³/mol. The van der Waals surface area contributed by atoms with Crippen LogP contribution in [0.5, 0.6) is 0 Å². The van der Waals surface area contributed by atoms with Crippen LogP contribution in [0.1, 0.15) is 2.85 Å². The van der Waals surface area contributed by atoms with Gasteiger partial charge in [-0.3, -0.25) is 4.79 Å². The van der Waals surface area contributed by atoms with E-state index in [4.69, 9.17) is 5.73 Å². The molecule has 0 radical (unpaired) electrons. The summed E-state index contributed by atoms with van der Waals surface area (Å²) in [6.45, 7) is 0. The third kappa shape index (κ3) is 0.872. The highest BCUT2D eigenvalue weighted by Gasteiger charge is 1.80. The molecular formula is C5H8N2O+2. The fraction of sp³-hybridized carbons (Fsp3) is 0. The van der Waals surface area contributed by atoms with E-state index in [1.54, 1.807) is 0 Å². The Kier molecular flexibility index (Phi) is 1.04. The molecule has 0 aliphatic rings. The molecule has 1 aromatic heterocycles. The third-order valence-corrected chi connectivity index (χ3v) is 0.795. The van der Waals surface area contributed by atoms with Gasteiger partial charge in [-0.05, 0) is 0 Å². The van der Waals surface area contributed by atoms with E-state index in [0.29, 0.717) is 5.82 Å². The number of pyridine rings is 1. The van der Waals surface area contributed by atoms with Gasteiger partial charge in [-0.25, -0.2) is 0 Å². The lowest BCUT2D eigenvalue weighted by Gasteiger charge is -1.85. The van der Waals surface area contributed by atoms with Gasteiger partial charge in [0.15, 0.2) is 5.43 Å². The monoisotopic (exact) mass is 112 g/mol. The lowest BCUT2D eigenvalue weighted by molar-refractivity contribution is 1.31. The summed E-state index contributed by atoms with van der Waals surface area (Å²) in [4.78, 5) is 13.0. The summed E-state index contributed by atoms with van der Waals surface area (Å²) < 4.78 is 0. The standard InChI is InChI=1S/C5H6N2O/c6-5-3-4(8)1-2-7-5/h1-3H,(H3,6,7,8)/p+2. The minimum absolute atomic E-state index is 0. The molecule has 1 aromatic rings. The van der Waals surface area contributed by atoms with Gasteiger partial charge in [-0.15, -0.1) is 0 Å². The van der Waals surface area contributed by atoms with Crippen molar-refractivity contribution in [1.82, 2.24) is 4.98 Å². The summed E-state index contributed by atoms with van der Waals surface area (Å²) in [7, 11) is 0. The number of aromatic amines is 1. The Bertz CT molecular complexity index is 235. The summed E-state index contributed by atoms with van der Waals surface area (Å²) in [5.74, 6) is 0.400. The average molecular weight is 112 g/mol. The molecule has 1 rings (SSSR count). The second-order valence-corrected chi connectivity index (χ2v) is 1.48. The number of hydrogen-bond donors (Lipinski definition) is 2. The highest BCUT2D eigenvalue weighted by molar-refractivity contribution is 5.25. The van der Waals surface area contributed by atoms with E-state index < -0.39 is 0 Å². The molecule has 0 aliphatic carbocycles. The van der Waals surface area contributed by atoms with Gasteiger partial charge in [-0.1, -0.05) is 0 Å². The number of nitrogens with two attached hydrogens (primary N) is 1. The van der Waals surface area contributed by atoms with Crippen molar-refractivity contribution in [2.24, 2.45) is 0 Å². The summed E-state index contributed by atoms with van der Waals surface area (Å²) in [6.07, 6.45) is 1.51. The minimum atomic E-state index is -0.0683. The number of rotatable bonds is 0. The van der Waals surface area contributed by atoms with Gasteiger partial charge in [-0.2, -0.15) is 0 Å². The highest BCUT2D eigenvalue weighted by Crippen LogP contribution is 1.83. The molecule has 0 atom stereocenters. The van der Waals surface area contributed by atoms with Gasteiger partial charge in [0, 0.05) is 18.3 Å². The van der Waals surface area contributed by atoms with Gasteiger partial charge in [0.2, 0.25) is 0 Å². The maximum atomic E-state index is 10.4. The Balaban J connectivity index is 0. The smallest absolute Gasteiger partial charge is 0.385 e. The molecule has 0 aliphatic heterocycles. The van der Waals surface area contributed by atoms with E-state index in [1.807, 2.05) is 0 Å². The Morgan fingerprint density at radius 3 is 2.88 bits per heavy atom. The van der Waals surface area contributed by atoms with Gasteiger partial charge < -0.3 is 10.7 Å². The largest absolute Gasteiger partial charge is 1.00 e. The van der Waals surface area contributed by atoms with E-state index in [-0.39, 0.29) is 8.28 Å². The van der Waals surface area contributed by atoms with Crippen LogP contribution in [0.4, 0.5) is 5.82 Å². The van der Waals surface area contributed by atoms with Crippen LogP contribution in [-0.4, -0.2) is 4.98 Å². The minimum Gasteiger partial charge on any atom is -0.385 e. The first-order valence-electron chi connectivity index (χ1n) is 2.23. The maximum absolute atomic E-state index is 10.4. The first kappa shape index (κ1) is 4.90. The van der Waals surface area contributed by atoms with Crippen molar-refractivity contribution in [1.29, 1.82) is 0 Å². The van der Waals surface area contributed by atoms with Gasteiger partial charge in [0.25, 0.3) is 0 Å². The van der Waals surface area contributed by atoms with Crippen molar-refractivity contribution in [2.45, 2.75) is 0 Å². The Morgan fingerprint density at radius 1 is 1.75 bits per heavy atom. The Morgan fingerprint density at radius 2 is 2.50 bits per heavy atom. The van der Waals surface area contributed by atoms with Crippen LogP contribution in [0.15, 0.2) is 23.1 Å². The lowest BCUT2D eigenvalue weighted by atomic mass is 10.5. The summed E-state index contributed by atoms with van der Waals surface area (Å²) in [5.41, 5.74) is 5.13. The number of H-pyrrole nitrogens is 1. The fourth-order valence-electron chi connectivity index (χ4n) is 0.463. The summed E-state index contributed by atoms with van der Waals surface area (Å²) in [5, 5.41) is 0. The fourth-order valence-corrected chi connectivity index (χ4v) is 0.463. The predicted octanol–water partition coefficient (Wildman–Crippen LogP) is 0.182. The molecule has 0 bridgehead atoms. The van der Waals surface area contributed by atoms with Crippen LogP contribution in [0.2, 0.25) is 0 Å². The SMILES string of the molecule is Nc1cc(=O)cc[nH]1.[H+].[H+]. The molecule has 0 saturated heterocycles. The molecule has 1 heterocycles. The molecule has 8 heavy (non-hydrogen) atoms. The number of hydrogen-bond acceptors (Lipinski definition) is 2. The molecule has 3 nitrogen and oxygen atoms in total. The second kappa shape index (κ2) is 1.69. The molecule has 0 spiro atoms. The lowest BCUT2D eigenvalue weighted by Crippen LogP contribution is -1.99. The van der Waals surface area contributed by atoms with Gasteiger partial charge in [0.05, 0.1) is 0 Å². The van der Waals surface area contributed by atoms with Crippen LogP contribution in [-0.2, 0) is 0 Å². The number of nitrogen functional groups attached to an aromatic ring is 1. The zero-order chi connectivity index (χ0) is 5.98. The molecule has 42 valence electrons. The maximum Gasteiger partial charge on any atom is 1.00 e. The summed E-state index contributed by atoms with van der Waals surface area (Å²) >= 11 is 0. The Labute approximate surface area is 49.1 Å². The molecule has 0 unspecified atom stereocenters. The number of aromatic nitrogens is 1. The van der Waals surface area contributed by atoms with Crippen molar-refractivity contribution in [2.75, 3.05) is 5.73 Å². The van der Waals surface area contributed by atoms with E-state index in [1.165, 1.54) is 18.3 Å². The van der Waals surface area contributed by atoms with E-state index in [2.05, 4.69) is 4.98 Å². The quantitative estimate of drug-likeness (QED) is 0.503. The van der Waals surface area contributed by atoms with Gasteiger partial charge >= 0.3 is 2.85 Å². The zero-order valence-electron chi connectivity index (χ0n) is 6.22. The van der Waals surface area contributed by atoms with Crippen LogP contribution >= 0.6 is 0 Å². The molecule has 0 aromatic carbocycles. The first-order chi connectivity index (χ1) is 3.79. The third-order valence-electron chi connectivity index (χ3n) is 0.795. The molecule has 3 N–H and O–H groups in total. The molecular weight excluding hydrogens is 104 g/mol. The van der Waals surface area contributed by atoms with Crippen molar-refractivity contribution in [3.05, 3.63) is 28.6 Å². The number of nitrogens with one attached hydrogen (secondary N) is 1. The topological polar surface area (TPSA) is 58.9 Å². The van der Waals surface area contributed by atoms with Crippen molar-refractivity contribution >= 4 is 5.82 Å². The first-order valence-corrected chi connectivity index (χ1v) is 2.23. The van der Waals surface area contributed by atoms with E-state index >= 15 is 0 Å². The highest BCUT2D eigenvalue weighted by atomic mass is 16.1. The summed E-state index contributed by atoms with van der Waals surface area (Å²) in [6, 6.07) is 2.75. The zero-order valence-corrected chi connectivity index (χ0v) is 4.22. The average Bonchev–Trinajstić information content (AvgIpc) is 1.64. The Hall–Kier alpha value is -1.25. The normalized spacial score (nSPS) is 9.00. The van der Waals surface area contributed by atoms with Crippen LogP contribution < -0.4 is 11.2 Å². The van der Waals surface area contributed by atoms with Gasteiger partial charge in [0.1, 0.15) is 5.82 Å². The van der Waals surface area contributed by atoms with Crippen molar-refractivity contribution in [3.63, 3.8) is 0 Å². The van der Waals surface area contributed by atoms with Crippen LogP contribution in [0, 0.1) is 0 Å². The molecule has 0 saturated carbocycles. The molecule has 0 amide bonds. The molecule has 3 heteroatoms. The van der Waals surface area contributed by atoms with Crippen molar-refractivity contribution < 1.29 is 2.85 Å². The van der Waals surface area contributed by atoms with Crippen molar-refractivity contribution in [3.8, 4) is 0 Å². The second-order valence-electron chi connectivity index (χ2n) is 1.48. The van der Waals surface area contributed by atoms with Crippen LogP contribution in [0.25, 0.3) is 0 Å².